The van der Waals surface area contributed by atoms with E-state index in [-0.39, 0.29) is 68.3 Å². The number of rotatable bonds is 32. The number of aliphatic hydroxyl groups excluding tert-OH is 17. The maximum Gasteiger partial charge on any atom is 0.335 e. The first-order chi connectivity index (χ1) is 57.7. The number of hydrogen-bond acceptors (Lipinski definition) is 37. The minimum absolute atomic E-state index is 0.0393. The molecule has 11 rings (SSSR count). The van der Waals surface area contributed by atoms with E-state index in [4.69, 9.17) is 71.1 Å². The summed E-state index contributed by atoms with van der Waals surface area (Å²) in [4.78, 5) is 70.7. The number of carbonyl (C=O) groups excluding carboxylic acids is 4. The summed E-state index contributed by atoms with van der Waals surface area (Å²) < 4.78 is 90.9. The van der Waals surface area contributed by atoms with Crippen LogP contribution in [-0.2, 0) is 95.0 Å². The van der Waals surface area contributed by atoms with Crippen LogP contribution in [0.15, 0.2) is 11.6 Å². The standard InChI is InChI=1S/C85H138O38/c1-15-35(3)45(113-52(92)29-41(90)28-46(36(4)16-2)115-77-70(57(97)44(114-77)21-26-86)121-74-62(102)59(99)55(95)38(6)111-74)27-40(89)30-53(93)118-66-39(7)112-76(69(109-14)64(66)104)123-79(108)85-25-24-80(8,9)31-43(85)42-17-18-49-81(10)22-20-51(82(11,34-88)48(81)19-23-83(49,12)84(42,13)32-50(85)91)117-78-71(122-75-63(103)60(100)56(96)47(33-87)116-75)67(65(105)68(120-78)72(106)107)119-73-61(101)58(98)54(94)37(5)110-73/h17,34-41,43-51,54-71,73-78,86-87,89-91,94-105H,15-16,18-33H2,1-14H3,(H,106,107)/t35-,36-,37-,38-,39+,40-,41-,43-,44-,45-,46-,47+,48+,49+,50+,51-,54-,55-,56-,57-,58+,59+,60-,61+,62+,63+,64-,65-,66-,67-,68-,69+,70+,71+,73-,74-,75-,76-,77-,78+,81-,82-,83+,84+,85+/m0/s1. The Balaban J connectivity index is 0.744. The molecule has 0 unspecified atom stereocenters. The van der Waals surface area contributed by atoms with Gasteiger partial charge in [-0.3, -0.25) is 14.4 Å². The molecule has 0 aromatic rings. The highest BCUT2D eigenvalue weighted by atomic mass is 16.8. The first-order valence-corrected chi connectivity index (χ1v) is 43.9. The summed E-state index contributed by atoms with van der Waals surface area (Å²) in [5.74, 6) is -6.31. The van der Waals surface area contributed by atoms with Gasteiger partial charge in [0.15, 0.2) is 43.7 Å². The summed E-state index contributed by atoms with van der Waals surface area (Å²) in [6, 6.07) is 0. The fourth-order valence-corrected chi connectivity index (χ4v) is 22.4. The Morgan fingerprint density at radius 3 is 1.67 bits per heavy atom. The first kappa shape index (κ1) is 99.7. The van der Waals surface area contributed by atoms with Crippen LogP contribution < -0.4 is 0 Å². The minimum Gasteiger partial charge on any atom is -0.479 e. The molecule has 123 heavy (non-hydrogen) atoms. The average molecular weight is 1770 g/mol. The number of carboxylic acid groups (broad SMARTS) is 1. The molecule has 0 aromatic heterocycles. The Labute approximate surface area is 715 Å². The molecule has 0 spiro atoms. The molecule has 0 radical (unpaired) electrons. The number of fused-ring (bicyclic) bond motifs is 7. The lowest BCUT2D eigenvalue weighted by Gasteiger charge is -2.71. The third-order valence-corrected chi connectivity index (χ3v) is 30.6. The number of methoxy groups -OCH3 is 1. The van der Waals surface area contributed by atoms with E-state index in [1.54, 1.807) is 13.8 Å². The first-order valence-electron chi connectivity index (χ1n) is 43.9. The van der Waals surface area contributed by atoms with Gasteiger partial charge in [0.1, 0.15) is 122 Å². The van der Waals surface area contributed by atoms with E-state index < -0.39 is 297 Å². The van der Waals surface area contributed by atoms with Gasteiger partial charge in [-0.1, -0.05) is 93.7 Å². The van der Waals surface area contributed by atoms with Gasteiger partial charge < -0.3 is 168 Å². The smallest absolute Gasteiger partial charge is 0.335 e. The molecule has 0 bridgehead atoms. The van der Waals surface area contributed by atoms with Gasteiger partial charge in [0.05, 0.1) is 79.8 Å². The van der Waals surface area contributed by atoms with Crippen molar-refractivity contribution < 1.29 is 187 Å². The molecule has 38 nitrogen and oxygen atoms in total. The lowest BCUT2D eigenvalue weighted by atomic mass is 9.33. The lowest BCUT2D eigenvalue weighted by Crippen LogP contribution is -2.69. The van der Waals surface area contributed by atoms with Gasteiger partial charge in [-0.05, 0) is 136 Å². The van der Waals surface area contributed by atoms with Crippen LogP contribution in [0, 0.1) is 62.1 Å². The molecule has 10 fully saturated rings. The van der Waals surface area contributed by atoms with Crippen LogP contribution in [0.25, 0.3) is 0 Å². The third-order valence-electron chi connectivity index (χ3n) is 30.6. The quantitative estimate of drug-likeness (QED) is 0.0124. The summed E-state index contributed by atoms with van der Waals surface area (Å²) >= 11 is 0. The molecule has 0 aromatic carbocycles. The van der Waals surface area contributed by atoms with Crippen LogP contribution in [0.5, 0.6) is 0 Å². The molecule has 4 saturated carbocycles. The zero-order chi connectivity index (χ0) is 90.7. The molecule has 5 aliphatic carbocycles. The van der Waals surface area contributed by atoms with Gasteiger partial charge in [0.25, 0.3) is 0 Å². The third kappa shape index (κ3) is 19.3. The SMILES string of the molecule is CC[C@H](C)[C@H](C[C@H](O)CC(=O)O[C@@H]1[C@H](O)[C@@H](OC)[C@H](OC(=O)[C@]23CCC(C)(C)C[C@H]2C2=CC[C@@H]4[C@@]5(C)CC[C@H](O[C@@H]6O[C@H](C(=O)O)[C@@H](O)[C@H](O[C@@H]7O[C@@H](C)[C@H](O)[C@@H](O)[C@H]7O)[C@H]6O[C@@H]6O[C@H](CO)[C@H](O)[C@H](O)[C@H]6O)[C@@](C)(C=O)[C@@H]5CC[C@@]4(C)[C@]2(C)C[C@H]3O)O[C@@H]1C)OC(=O)C[C@@H](O)C[C@H](O[C@@H]1O[C@@H](CCO)[C@H](O)[C@H]1O[C@@H]1O[C@@H](C)[C@H](O)[C@@H](O)[C@H]1O)[C@@H](C)CC. The molecule has 0 amide bonds. The van der Waals surface area contributed by atoms with E-state index in [9.17, 15) is 111 Å². The van der Waals surface area contributed by atoms with Gasteiger partial charge in [0, 0.05) is 26.6 Å². The normalized spacial score (nSPS) is 47.6. The van der Waals surface area contributed by atoms with Crippen molar-refractivity contribution in [3.63, 3.8) is 0 Å². The van der Waals surface area contributed by atoms with Crippen molar-refractivity contribution in [2.45, 2.75) is 407 Å². The topological polar surface area (TPSA) is 588 Å². The number of hydrogen-bond donors (Lipinski definition) is 18. The van der Waals surface area contributed by atoms with Gasteiger partial charge in [0.2, 0.25) is 6.29 Å². The number of aliphatic hydroxyl groups is 17. The summed E-state index contributed by atoms with van der Waals surface area (Å²) in [5, 5.41) is 199. The minimum atomic E-state index is -2.23. The van der Waals surface area contributed by atoms with E-state index in [1.165, 1.54) is 27.9 Å². The highest BCUT2D eigenvalue weighted by molar-refractivity contribution is 5.80. The summed E-state index contributed by atoms with van der Waals surface area (Å²) in [6.07, 6.45) is -50.1. The number of carboxylic acids is 1. The van der Waals surface area contributed by atoms with Crippen molar-refractivity contribution in [3.05, 3.63) is 11.6 Å². The van der Waals surface area contributed by atoms with Crippen LogP contribution in [0.3, 0.4) is 0 Å². The Morgan fingerprint density at radius 2 is 1.09 bits per heavy atom. The largest absolute Gasteiger partial charge is 0.479 e. The van der Waals surface area contributed by atoms with Gasteiger partial charge in [-0.15, -0.1) is 0 Å². The second-order valence-corrected chi connectivity index (χ2v) is 38.7. The van der Waals surface area contributed by atoms with Crippen LogP contribution in [0.2, 0.25) is 0 Å². The van der Waals surface area contributed by atoms with Crippen molar-refractivity contribution in [1.29, 1.82) is 0 Å². The van der Waals surface area contributed by atoms with Crippen molar-refractivity contribution in [2.24, 2.45) is 62.1 Å². The van der Waals surface area contributed by atoms with E-state index in [0.29, 0.717) is 51.4 Å². The number of esters is 3. The van der Waals surface area contributed by atoms with Crippen LogP contribution in [-0.4, -0.2) is 357 Å². The number of ether oxygens (including phenoxy) is 15. The summed E-state index contributed by atoms with van der Waals surface area (Å²) in [5.41, 5.74) is -4.50. The Bertz CT molecular complexity index is 3580. The Morgan fingerprint density at radius 1 is 0.537 bits per heavy atom. The van der Waals surface area contributed by atoms with Gasteiger partial charge in [-0.2, -0.15) is 0 Å². The van der Waals surface area contributed by atoms with Crippen molar-refractivity contribution >= 4 is 30.2 Å². The van der Waals surface area contributed by atoms with Crippen molar-refractivity contribution in [1.82, 2.24) is 0 Å². The fraction of sp³-hybridized carbons (Fsp3) is 0.918. The number of carbonyl (C=O) groups is 5. The maximum atomic E-state index is 15.7. The highest BCUT2D eigenvalue weighted by Gasteiger charge is 2.73. The van der Waals surface area contributed by atoms with E-state index >= 15 is 4.79 Å². The highest BCUT2D eigenvalue weighted by Crippen LogP contribution is 2.76. The summed E-state index contributed by atoms with van der Waals surface area (Å²) in [7, 11) is 1.25. The maximum absolute atomic E-state index is 15.7. The van der Waals surface area contributed by atoms with Crippen LogP contribution in [0.1, 0.15) is 193 Å². The number of allylic oxidation sites excluding steroid dienone is 2. The average Bonchev–Trinajstić information content (AvgIpc) is 0.990. The number of aliphatic carboxylic acids is 1. The fourth-order valence-electron chi connectivity index (χ4n) is 22.4. The van der Waals surface area contributed by atoms with E-state index in [2.05, 4.69) is 40.7 Å². The zero-order valence-corrected chi connectivity index (χ0v) is 72.7. The predicted molar refractivity (Wildman–Crippen MR) is 419 cm³/mol. The van der Waals surface area contributed by atoms with Crippen molar-refractivity contribution in [3.8, 4) is 0 Å². The monoisotopic (exact) mass is 1770 g/mol. The van der Waals surface area contributed by atoms with Crippen molar-refractivity contribution in [2.75, 3.05) is 20.3 Å². The molecule has 18 N–H and O–H groups in total. The zero-order valence-electron chi connectivity index (χ0n) is 72.7. The second-order valence-electron chi connectivity index (χ2n) is 38.7. The van der Waals surface area contributed by atoms with Crippen LogP contribution in [0.4, 0.5) is 0 Å². The van der Waals surface area contributed by atoms with Gasteiger partial charge in [-0.25, -0.2) is 4.79 Å². The Kier molecular flexibility index (Phi) is 32.2. The lowest BCUT2D eigenvalue weighted by molar-refractivity contribution is -0.394. The van der Waals surface area contributed by atoms with Gasteiger partial charge >= 0.3 is 23.9 Å². The molecule has 11 aliphatic rings. The molecule has 38 heteroatoms. The number of aldehydes is 1. The molecule has 6 heterocycles. The molecule has 706 valence electrons. The molecule has 6 saturated heterocycles. The summed E-state index contributed by atoms with van der Waals surface area (Å²) in [6.45, 7) is 22.7. The molecule has 45 atom stereocenters. The molecular formula is C85H138O38. The van der Waals surface area contributed by atoms with E-state index in [1.807, 2.05) is 20.8 Å². The second kappa shape index (κ2) is 39.7. The van der Waals surface area contributed by atoms with Crippen LogP contribution >= 0.6 is 0 Å². The predicted octanol–water partition coefficient (Wildman–Crippen LogP) is -1.18. The van der Waals surface area contributed by atoms with E-state index in [0.717, 1.165) is 11.9 Å². The molecular weight excluding hydrogens is 1630 g/mol. The Hall–Kier alpha value is -3.87. The molecule has 6 aliphatic heterocycles.